The number of benzene rings is 3. The number of carbonyl (C=O) groups excluding carboxylic acids is 2. The molecule has 1 aliphatic rings. The molecular weight excluding hydrogens is 488 g/mol. The van der Waals surface area contributed by atoms with E-state index in [2.05, 4.69) is 12.3 Å². The first kappa shape index (κ1) is 24.3. The molecule has 34 heavy (non-hydrogen) atoms. The smallest absolute Gasteiger partial charge is 0.285 e. The lowest BCUT2D eigenvalue weighted by molar-refractivity contribution is -0.123. The van der Waals surface area contributed by atoms with Crippen LogP contribution in [0.1, 0.15) is 41.3 Å². The normalized spacial score (nSPS) is 14.8. The summed E-state index contributed by atoms with van der Waals surface area (Å²) in [5.74, 6) is -0.205. The molecule has 0 unspecified atom stereocenters. The minimum atomic E-state index is -0.503. The molecule has 1 N–H and O–H groups in total. The zero-order valence-corrected chi connectivity index (χ0v) is 21.2. The van der Waals surface area contributed by atoms with E-state index < -0.39 is 11.8 Å². The van der Waals surface area contributed by atoms with Crippen LogP contribution in [0.3, 0.4) is 0 Å². The highest BCUT2D eigenvalue weighted by Crippen LogP contribution is 2.36. The highest BCUT2D eigenvalue weighted by atomic mass is 35.5. The Morgan fingerprint density at radius 3 is 2.76 bits per heavy atom. The van der Waals surface area contributed by atoms with Gasteiger partial charge in [-0.3, -0.25) is 15.0 Å². The van der Waals surface area contributed by atoms with Crippen molar-refractivity contribution in [3.8, 4) is 5.75 Å². The molecule has 0 aromatic heterocycles. The number of fused-ring (bicyclic) bond motifs is 1. The van der Waals surface area contributed by atoms with Crippen molar-refractivity contribution in [2.24, 2.45) is 0 Å². The lowest BCUT2D eigenvalue weighted by atomic mass is 10.0. The molecule has 5 nitrogen and oxygen atoms in total. The second kappa shape index (κ2) is 10.6. The number of halogens is 1. The van der Waals surface area contributed by atoms with Crippen molar-refractivity contribution in [2.45, 2.75) is 26.7 Å². The summed E-state index contributed by atoms with van der Waals surface area (Å²) in [6.07, 6.45) is 3.74. The maximum Gasteiger partial charge on any atom is 0.285 e. The number of carbonyl (C=O) groups is 2. The maximum absolute atomic E-state index is 13.2. The molecule has 0 saturated carbocycles. The highest BCUT2D eigenvalue weighted by molar-refractivity contribution is 8.26. The van der Waals surface area contributed by atoms with Crippen LogP contribution in [0.15, 0.2) is 59.5 Å². The van der Waals surface area contributed by atoms with Gasteiger partial charge in [0, 0.05) is 5.56 Å². The third-order valence-corrected chi connectivity index (χ3v) is 6.95. The molecule has 174 valence electrons. The molecule has 1 aliphatic heterocycles. The number of rotatable bonds is 7. The molecule has 0 spiro atoms. The predicted octanol–water partition coefficient (Wildman–Crippen LogP) is 6.53. The summed E-state index contributed by atoms with van der Waals surface area (Å²) < 4.78 is 6.27. The van der Waals surface area contributed by atoms with Gasteiger partial charge in [0.05, 0.1) is 22.1 Å². The van der Waals surface area contributed by atoms with Crippen molar-refractivity contribution in [3.05, 3.63) is 81.2 Å². The molecule has 0 aliphatic carbocycles. The molecule has 0 radical (unpaired) electrons. The number of hydrogen-bond acceptors (Lipinski definition) is 5. The van der Waals surface area contributed by atoms with Crippen LogP contribution in [0.25, 0.3) is 16.8 Å². The maximum atomic E-state index is 13.2. The largest absolute Gasteiger partial charge is 0.493 e. The van der Waals surface area contributed by atoms with E-state index in [4.69, 9.17) is 28.6 Å². The minimum Gasteiger partial charge on any atom is -0.493 e. The van der Waals surface area contributed by atoms with Crippen LogP contribution >= 0.6 is 35.6 Å². The van der Waals surface area contributed by atoms with Gasteiger partial charge in [-0.05, 0) is 66.2 Å². The molecule has 3 aromatic carbocycles. The van der Waals surface area contributed by atoms with Crippen molar-refractivity contribution in [1.82, 2.24) is 10.4 Å². The van der Waals surface area contributed by atoms with Crippen molar-refractivity contribution in [1.29, 1.82) is 0 Å². The summed E-state index contributed by atoms with van der Waals surface area (Å²) in [5, 5.41) is 3.40. The van der Waals surface area contributed by atoms with Gasteiger partial charge in [-0.15, -0.1) is 0 Å². The van der Waals surface area contributed by atoms with Gasteiger partial charge in [-0.25, -0.2) is 0 Å². The molecule has 1 saturated heterocycles. The second-order valence-electron chi connectivity index (χ2n) is 7.84. The van der Waals surface area contributed by atoms with Crippen molar-refractivity contribution >= 4 is 68.6 Å². The summed E-state index contributed by atoms with van der Waals surface area (Å²) in [6.45, 7) is 4.58. The first-order valence-corrected chi connectivity index (χ1v) is 12.5. The first-order valence-electron chi connectivity index (χ1n) is 10.9. The SMILES string of the molecule is CCCCOc1ccc2ccccc2c1/C=C1\SC(=S)N(NC(=O)c2ccc(C)cc2Cl)C1=O. The van der Waals surface area contributed by atoms with Crippen LogP contribution in [-0.2, 0) is 4.79 Å². The third-order valence-electron chi connectivity index (χ3n) is 5.34. The topological polar surface area (TPSA) is 58.6 Å². The summed E-state index contributed by atoms with van der Waals surface area (Å²) in [7, 11) is 0. The summed E-state index contributed by atoms with van der Waals surface area (Å²) in [6, 6.07) is 17.0. The monoisotopic (exact) mass is 510 g/mol. The molecule has 8 heteroatoms. The summed E-state index contributed by atoms with van der Waals surface area (Å²) in [4.78, 5) is 26.4. The van der Waals surface area contributed by atoms with Crippen LogP contribution in [-0.4, -0.2) is 27.8 Å². The highest BCUT2D eigenvalue weighted by Gasteiger charge is 2.34. The van der Waals surface area contributed by atoms with Gasteiger partial charge in [0.25, 0.3) is 11.8 Å². The Bertz CT molecular complexity index is 1320. The molecule has 0 atom stereocenters. The number of hydrazine groups is 1. The van der Waals surface area contributed by atoms with E-state index in [0.29, 0.717) is 22.3 Å². The van der Waals surface area contributed by atoms with Crippen LogP contribution in [0.2, 0.25) is 5.02 Å². The fourth-order valence-electron chi connectivity index (χ4n) is 3.54. The zero-order valence-electron chi connectivity index (χ0n) is 18.8. The van der Waals surface area contributed by atoms with Crippen molar-refractivity contribution in [2.75, 3.05) is 6.61 Å². The Kier molecular flexibility index (Phi) is 7.56. The number of hydrogen-bond donors (Lipinski definition) is 1. The van der Waals surface area contributed by atoms with Gasteiger partial charge in [0.1, 0.15) is 5.75 Å². The molecule has 0 bridgehead atoms. The van der Waals surface area contributed by atoms with E-state index in [0.717, 1.165) is 51.5 Å². The number of unbranched alkanes of at least 4 members (excludes halogenated alkanes) is 1. The van der Waals surface area contributed by atoms with Gasteiger partial charge < -0.3 is 4.74 Å². The Balaban J connectivity index is 1.64. The fourth-order valence-corrected chi connectivity index (χ4v) is 5.02. The van der Waals surface area contributed by atoms with Gasteiger partial charge in [-0.2, -0.15) is 5.01 Å². The summed E-state index contributed by atoms with van der Waals surface area (Å²) in [5.41, 5.74) is 4.60. The number of thioether (sulfide) groups is 1. The summed E-state index contributed by atoms with van der Waals surface area (Å²) >= 11 is 12.7. The minimum absolute atomic E-state index is 0.238. The fraction of sp³-hybridized carbons (Fsp3) is 0.192. The standard InChI is InChI=1S/C26H23ClN2O3S2/c1-3-4-13-32-22-12-10-17-7-5-6-8-18(17)20(22)15-23-25(31)29(26(33)34-23)28-24(30)19-11-9-16(2)14-21(19)27/h5-12,14-15H,3-4,13H2,1-2H3,(H,28,30)/b23-15-. The third kappa shape index (κ3) is 5.12. The van der Waals surface area contributed by atoms with E-state index in [1.807, 2.05) is 43.3 Å². The predicted molar refractivity (Wildman–Crippen MR) is 143 cm³/mol. The Hall–Kier alpha value is -2.87. The van der Waals surface area contributed by atoms with Crippen LogP contribution in [0, 0.1) is 6.92 Å². The number of nitrogens with one attached hydrogen (secondary N) is 1. The van der Waals surface area contributed by atoms with Gasteiger partial charge in [0.2, 0.25) is 0 Å². The average Bonchev–Trinajstić information content (AvgIpc) is 3.07. The van der Waals surface area contributed by atoms with E-state index in [-0.39, 0.29) is 9.88 Å². The van der Waals surface area contributed by atoms with Gasteiger partial charge >= 0.3 is 0 Å². The van der Waals surface area contributed by atoms with E-state index in [9.17, 15) is 9.59 Å². The average molecular weight is 511 g/mol. The molecule has 1 heterocycles. The number of amides is 2. The second-order valence-corrected chi connectivity index (χ2v) is 9.92. The van der Waals surface area contributed by atoms with E-state index >= 15 is 0 Å². The van der Waals surface area contributed by atoms with Crippen LogP contribution in [0.5, 0.6) is 5.75 Å². The molecule has 4 rings (SSSR count). The molecule has 3 aromatic rings. The number of ether oxygens (including phenoxy) is 1. The Labute approximate surface area is 213 Å². The van der Waals surface area contributed by atoms with Crippen molar-refractivity contribution in [3.63, 3.8) is 0 Å². The Morgan fingerprint density at radius 1 is 1.21 bits per heavy atom. The first-order chi connectivity index (χ1) is 16.4. The quantitative estimate of drug-likeness (QED) is 0.222. The molecular formula is C26H23ClN2O3S2. The molecule has 2 amide bonds. The van der Waals surface area contributed by atoms with E-state index in [1.54, 1.807) is 24.3 Å². The van der Waals surface area contributed by atoms with Gasteiger partial charge in [-0.1, -0.05) is 73.1 Å². The number of aryl methyl sites for hydroxylation is 1. The lowest BCUT2D eigenvalue weighted by Gasteiger charge is -2.16. The lowest BCUT2D eigenvalue weighted by Crippen LogP contribution is -2.44. The van der Waals surface area contributed by atoms with E-state index in [1.165, 1.54) is 0 Å². The number of nitrogens with zero attached hydrogens (tertiary/aromatic N) is 1. The van der Waals surface area contributed by atoms with Crippen LogP contribution in [0.4, 0.5) is 0 Å². The zero-order chi connectivity index (χ0) is 24.2. The van der Waals surface area contributed by atoms with Crippen LogP contribution < -0.4 is 10.2 Å². The van der Waals surface area contributed by atoms with Gasteiger partial charge in [0.15, 0.2) is 4.32 Å². The number of thiocarbonyl (C=S) groups is 1. The van der Waals surface area contributed by atoms with Crippen molar-refractivity contribution < 1.29 is 14.3 Å². The molecule has 1 fully saturated rings. The Morgan fingerprint density at radius 2 is 2.00 bits per heavy atom.